The van der Waals surface area contributed by atoms with Crippen LogP contribution in [-0.2, 0) is 0 Å². The Kier molecular flexibility index (Phi) is 4.91. The molecule has 6 heteroatoms. The molecule has 2 N–H and O–H groups in total. The van der Waals surface area contributed by atoms with Gasteiger partial charge in [0.1, 0.15) is 5.69 Å². The number of carbonyl (C=O) groups excluding carboxylic acids is 1. The molecule has 0 atom stereocenters. The van der Waals surface area contributed by atoms with Crippen LogP contribution < -0.4 is 10.6 Å². The standard InChI is InChI=1S/C23H21N5O/c1-14-9-10-15(2)19(12-14)27-23-25-16(3)13-20(28-23)22(29)26-18-8-4-6-17-7-5-11-24-21(17)18/h4-13H,1-3H3,(H,26,29)(H,25,27,28). The van der Waals surface area contributed by atoms with Gasteiger partial charge in [-0.3, -0.25) is 9.78 Å². The number of carbonyl (C=O) groups is 1. The maximum atomic E-state index is 12.9. The molecule has 29 heavy (non-hydrogen) atoms. The summed E-state index contributed by atoms with van der Waals surface area (Å²) >= 11 is 0. The fourth-order valence-electron chi connectivity index (χ4n) is 3.12. The fourth-order valence-corrected chi connectivity index (χ4v) is 3.12. The molecule has 6 nitrogen and oxygen atoms in total. The van der Waals surface area contributed by atoms with Crippen LogP contribution in [-0.4, -0.2) is 20.9 Å². The van der Waals surface area contributed by atoms with E-state index in [1.165, 1.54) is 0 Å². The third kappa shape index (κ3) is 4.06. The minimum atomic E-state index is -0.308. The number of nitrogens with one attached hydrogen (secondary N) is 2. The monoisotopic (exact) mass is 383 g/mol. The van der Waals surface area contributed by atoms with E-state index < -0.39 is 0 Å². The molecular weight excluding hydrogens is 362 g/mol. The largest absolute Gasteiger partial charge is 0.324 e. The lowest BCUT2D eigenvalue weighted by molar-refractivity contribution is 0.102. The molecule has 2 aromatic carbocycles. The number of aromatic nitrogens is 3. The molecule has 0 spiro atoms. The van der Waals surface area contributed by atoms with Gasteiger partial charge in [-0.2, -0.15) is 0 Å². The Bertz CT molecular complexity index is 1210. The van der Waals surface area contributed by atoms with Gasteiger partial charge < -0.3 is 10.6 Å². The van der Waals surface area contributed by atoms with Crippen LogP contribution in [0, 0.1) is 20.8 Å². The second-order valence-electron chi connectivity index (χ2n) is 7.00. The van der Waals surface area contributed by atoms with Gasteiger partial charge in [0.05, 0.1) is 11.2 Å². The SMILES string of the molecule is Cc1ccc(C)c(Nc2nc(C)cc(C(=O)Nc3cccc4cccnc34)n2)c1. The van der Waals surface area contributed by atoms with Gasteiger partial charge in [-0.05, 0) is 56.2 Å². The maximum absolute atomic E-state index is 12.9. The molecule has 0 aliphatic carbocycles. The van der Waals surface area contributed by atoms with Crippen molar-refractivity contribution in [3.05, 3.63) is 83.3 Å². The first-order valence-corrected chi connectivity index (χ1v) is 9.35. The second-order valence-corrected chi connectivity index (χ2v) is 7.00. The third-order valence-electron chi connectivity index (χ3n) is 4.61. The lowest BCUT2D eigenvalue weighted by Gasteiger charge is -2.12. The van der Waals surface area contributed by atoms with Gasteiger partial charge >= 0.3 is 0 Å². The van der Waals surface area contributed by atoms with Crippen LogP contribution in [0.2, 0.25) is 0 Å². The lowest BCUT2D eigenvalue weighted by atomic mass is 10.1. The molecule has 0 fully saturated rings. The first-order chi connectivity index (χ1) is 14.0. The number of para-hydroxylation sites is 1. The van der Waals surface area contributed by atoms with Crippen LogP contribution in [0.5, 0.6) is 0 Å². The van der Waals surface area contributed by atoms with Crippen molar-refractivity contribution in [2.45, 2.75) is 20.8 Å². The summed E-state index contributed by atoms with van der Waals surface area (Å²) in [6.07, 6.45) is 1.71. The van der Waals surface area contributed by atoms with Gasteiger partial charge in [0.2, 0.25) is 5.95 Å². The van der Waals surface area contributed by atoms with Crippen LogP contribution in [0.25, 0.3) is 10.9 Å². The Balaban J connectivity index is 1.63. The van der Waals surface area contributed by atoms with Crippen LogP contribution in [0.4, 0.5) is 17.3 Å². The minimum absolute atomic E-state index is 0.290. The quantitative estimate of drug-likeness (QED) is 0.521. The van der Waals surface area contributed by atoms with Crippen LogP contribution in [0.1, 0.15) is 27.3 Å². The zero-order chi connectivity index (χ0) is 20.4. The van der Waals surface area contributed by atoms with E-state index in [2.05, 4.69) is 31.7 Å². The molecular formula is C23H21N5O. The van der Waals surface area contributed by atoms with E-state index in [0.29, 0.717) is 23.0 Å². The van der Waals surface area contributed by atoms with Gasteiger partial charge in [-0.25, -0.2) is 9.97 Å². The number of nitrogens with zero attached hydrogens (tertiary/aromatic N) is 3. The molecule has 0 unspecified atom stereocenters. The van der Waals surface area contributed by atoms with Gasteiger partial charge in [0, 0.05) is 23.0 Å². The zero-order valence-electron chi connectivity index (χ0n) is 16.5. The van der Waals surface area contributed by atoms with Crippen molar-refractivity contribution < 1.29 is 4.79 Å². The molecule has 144 valence electrons. The molecule has 0 radical (unpaired) electrons. The smallest absolute Gasteiger partial charge is 0.274 e. The van der Waals surface area contributed by atoms with Crippen molar-refractivity contribution in [1.82, 2.24) is 15.0 Å². The summed E-state index contributed by atoms with van der Waals surface area (Å²) in [4.78, 5) is 26.1. The Morgan fingerprint density at radius 2 is 1.72 bits per heavy atom. The number of pyridine rings is 1. The highest BCUT2D eigenvalue weighted by atomic mass is 16.1. The highest BCUT2D eigenvalue weighted by Crippen LogP contribution is 2.22. The number of aryl methyl sites for hydroxylation is 3. The first kappa shape index (κ1) is 18.6. The van der Waals surface area contributed by atoms with E-state index in [1.54, 1.807) is 12.3 Å². The average Bonchev–Trinajstić information content (AvgIpc) is 2.70. The summed E-state index contributed by atoms with van der Waals surface area (Å²) in [6, 6.07) is 17.3. The predicted octanol–water partition coefficient (Wildman–Crippen LogP) is 4.95. The van der Waals surface area contributed by atoms with E-state index in [-0.39, 0.29) is 5.91 Å². The molecule has 4 rings (SSSR count). The molecule has 0 bridgehead atoms. The Morgan fingerprint density at radius 3 is 2.59 bits per heavy atom. The highest BCUT2D eigenvalue weighted by molar-refractivity contribution is 6.07. The van der Waals surface area contributed by atoms with Gasteiger partial charge in [-0.1, -0.05) is 30.3 Å². The molecule has 1 amide bonds. The molecule has 0 aliphatic rings. The topological polar surface area (TPSA) is 79.8 Å². The summed E-state index contributed by atoms with van der Waals surface area (Å²) < 4.78 is 0. The minimum Gasteiger partial charge on any atom is -0.324 e. The molecule has 2 aromatic heterocycles. The second kappa shape index (κ2) is 7.67. The highest BCUT2D eigenvalue weighted by Gasteiger charge is 2.13. The van der Waals surface area contributed by atoms with Crippen molar-refractivity contribution in [2.24, 2.45) is 0 Å². The maximum Gasteiger partial charge on any atom is 0.274 e. The molecule has 0 aliphatic heterocycles. The van der Waals surface area contributed by atoms with Crippen LogP contribution in [0.3, 0.4) is 0 Å². The van der Waals surface area contributed by atoms with E-state index in [4.69, 9.17) is 0 Å². The number of hydrogen-bond donors (Lipinski definition) is 2. The first-order valence-electron chi connectivity index (χ1n) is 9.35. The molecule has 2 heterocycles. The Labute approximate surface area is 169 Å². The van der Waals surface area contributed by atoms with Crippen molar-refractivity contribution in [1.29, 1.82) is 0 Å². The van der Waals surface area contributed by atoms with Crippen LogP contribution >= 0.6 is 0 Å². The van der Waals surface area contributed by atoms with Crippen molar-refractivity contribution in [3.8, 4) is 0 Å². The van der Waals surface area contributed by atoms with Crippen molar-refractivity contribution in [2.75, 3.05) is 10.6 Å². The lowest BCUT2D eigenvalue weighted by Crippen LogP contribution is -2.16. The Hall–Kier alpha value is -3.80. The third-order valence-corrected chi connectivity index (χ3v) is 4.61. The average molecular weight is 383 g/mol. The zero-order valence-corrected chi connectivity index (χ0v) is 16.5. The number of hydrogen-bond acceptors (Lipinski definition) is 5. The van der Waals surface area contributed by atoms with Crippen molar-refractivity contribution in [3.63, 3.8) is 0 Å². The summed E-state index contributed by atoms with van der Waals surface area (Å²) in [5.74, 6) is 0.0811. The summed E-state index contributed by atoms with van der Waals surface area (Å²) in [6.45, 7) is 5.88. The van der Waals surface area contributed by atoms with E-state index in [9.17, 15) is 4.79 Å². The van der Waals surface area contributed by atoms with Crippen molar-refractivity contribution >= 4 is 34.1 Å². The molecule has 0 saturated carbocycles. The Morgan fingerprint density at radius 1 is 0.897 bits per heavy atom. The summed E-state index contributed by atoms with van der Waals surface area (Å²) in [5, 5.41) is 7.11. The van der Waals surface area contributed by atoms with E-state index in [1.807, 2.05) is 63.2 Å². The normalized spacial score (nSPS) is 10.7. The van der Waals surface area contributed by atoms with Gasteiger partial charge in [-0.15, -0.1) is 0 Å². The molecule has 0 saturated heterocycles. The van der Waals surface area contributed by atoms with Gasteiger partial charge in [0.25, 0.3) is 5.91 Å². The number of benzene rings is 2. The van der Waals surface area contributed by atoms with Gasteiger partial charge in [0.15, 0.2) is 0 Å². The summed E-state index contributed by atoms with van der Waals surface area (Å²) in [7, 11) is 0. The van der Waals surface area contributed by atoms with Crippen LogP contribution in [0.15, 0.2) is 60.8 Å². The number of rotatable bonds is 4. The predicted molar refractivity (Wildman–Crippen MR) is 116 cm³/mol. The summed E-state index contributed by atoms with van der Waals surface area (Å²) in [5.41, 5.74) is 5.50. The number of amides is 1. The number of anilines is 3. The van der Waals surface area contributed by atoms with E-state index in [0.717, 1.165) is 27.7 Å². The fraction of sp³-hybridized carbons (Fsp3) is 0.130. The molecule has 4 aromatic rings. The number of fused-ring (bicyclic) bond motifs is 1. The van der Waals surface area contributed by atoms with E-state index >= 15 is 0 Å².